The molecule has 1 aliphatic heterocycles. The summed E-state index contributed by atoms with van der Waals surface area (Å²) in [7, 11) is 2.03. The van der Waals surface area contributed by atoms with Crippen LogP contribution in [0.2, 0.25) is 0 Å². The molecular formula is C20H33N5O4. The first-order chi connectivity index (χ1) is 14.1. The van der Waals surface area contributed by atoms with Crippen LogP contribution in [0.25, 0.3) is 0 Å². The maximum absolute atomic E-state index is 12.6. The first kappa shape index (κ1) is 21.7. The molecule has 1 aromatic rings. The van der Waals surface area contributed by atoms with Crippen molar-refractivity contribution in [2.45, 2.75) is 63.7 Å². The molecule has 1 atom stereocenters. The quantitative estimate of drug-likeness (QED) is 0.502. The van der Waals surface area contributed by atoms with Crippen molar-refractivity contribution in [1.82, 2.24) is 25.4 Å². The van der Waals surface area contributed by atoms with Crippen molar-refractivity contribution in [3.05, 3.63) is 11.7 Å². The van der Waals surface area contributed by atoms with Gasteiger partial charge in [0.1, 0.15) is 0 Å². The maximum atomic E-state index is 12.6. The van der Waals surface area contributed by atoms with Gasteiger partial charge in [-0.15, -0.1) is 0 Å². The number of carbonyl (C=O) groups excluding carboxylic acids is 2. The van der Waals surface area contributed by atoms with Crippen molar-refractivity contribution in [2.24, 2.45) is 5.92 Å². The predicted octanol–water partition coefficient (Wildman–Crippen LogP) is 2.19. The Labute approximate surface area is 171 Å². The van der Waals surface area contributed by atoms with Gasteiger partial charge in [0.15, 0.2) is 0 Å². The van der Waals surface area contributed by atoms with Gasteiger partial charge in [-0.05, 0) is 19.4 Å². The molecule has 162 valence electrons. The summed E-state index contributed by atoms with van der Waals surface area (Å²) < 4.78 is 5.37. The molecule has 0 radical (unpaired) electrons. The molecular weight excluding hydrogens is 374 g/mol. The minimum atomic E-state index is -0.488. The van der Waals surface area contributed by atoms with Gasteiger partial charge in [0, 0.05) is 38.5 Å². The second kappa shape index (κ2) is 10.7. The van der Waals surface area contributed by atoms with Gasteiger partial charge in [0.25, 0.3) is 11.7 Å². The summed E-state index contributed by atoms with van der Waals surface area (Å²) in [5.74, 6) is 0.0832. The lowest BCUT2D eigenvalue weighted by molar-refractivity contribution is -0.129. The average Bonchev–Trinajstić information content (AvgIpc) is 3.24. The molecule has 0 bridgehead atoms. The van der Waals surface area contributed by atoms with Gasteiger partial charge < -0.3 is 14.3 Å². The molecule has 1 aliphatic carbocycles. The molecule has 1 saturated heterocycles. The van der Waals surface area contributed by atoms with Gasteiger partial charge in [0.05, 0.1) is 0 Å². The minimum absolute atomic E-state index is 0.0474. The highest BCUT2D eigenvalue weighted by Gasteiger charge is 2.28. The highest BCUT2D eigenvalue weighted by atomic mass is 16.5. The van der Waals surface area contributed by atoms with Gasteiger partial charge >= 0.3 is 0 Å². The van der Waals surface area contributed by atoms with Crippen molar-refractivity contribution in [1.29, 1.82) is 0 Å². The molecule has 9 heteroatoms. The standard InChI is InChI=1S/C20H33N5O4/c1-24-10-12-25(13-11-24)20(27)18-21-19(29-23-18)16(14-17(26)22-28)9-5-8-15-6-3-2-4-7-15/h15-16,28H,2-14H2,1H3,(H,22,26)/t16-/m0/s1. The van der Waals surface area contributed by atoms with Gasteiger partial charge in [-0.3, -0.25) is 14.8 Å². The fraction of sp³-hybridized carbons (Fsp3) is 0.800. The Morgan fingerprint density at radius 3 is 2.62 bits per heavy atom. The summed E-state index contributed by atoms with van der Waals surface area (Å²) in [4.78, 5) is 32.6. The second-order valence-corrected chi connectivity index (χ2v) is 8.42. The normalized spacial score (nSPS) is 19.9. The molecule has 1 saturated carbocycles. The van der Waals surface area contributed by atoms with Crippen LogP contribution in [0, 0.1) is 5.92 Å². The SMILES string of the molecule is CN1CCN(C(=O)c2noc([C@@H](CCCC3CCCCC3)CC(=O)NO)n2)CC1. The zero-order chi connectivity index (χ0) is 20.6. The van der Waals surface area contributed by atoms with Gasteiger partial charge in [-0.25, -0.2) is 5.48 Å². The molecule has 2 heterocycles. The van der Waals surface area contributed by atoms with Crippen molar-refractivity contribution >= 4 is 11.8 Å². The number of rotatable bonds is 8. The monoisotopic (exact) mass is 407 g/mol. The van der Waals surface area contributed by atoms with E-state index < -0.39 is 5.91 Å². The fourth-order valence-corrected chi connectivity index (χ4v) is 4.35. The Morgan fingerprint density at radius 2 is 1.93 bits per heavy atom. The third kappa shape index (κ3) is 6.24. The molecule has 0 spiro atoms. The van der Waals surface area contributed by atoms with Gasteiger partial charge in [0.2, 0.25) is 11.8 Å². The van der Waals surface area contributed by atoms with Crippen LogP contribution < -0.4 is 5.48 Å². The topological polar surface area (TPSA) is 112 Å². The maximum Gasteiger partial charge on any atom is 0.295 e. The molecule has 3 rings (SSSR count). The summed E-state index contributed by atoms with van der Waals surface area (Å²) in [5, 5.41) is 12.8. The highest BCUT2D eigenvalue weighted by Crippen LogP contribution is 2.31. The van der Waals surface area contributed by atoms with Crippen LogP contribution in [-0.2, 0) is 4.79 Å². The van der Waals surface area contributed by atoms with Crippen molar-refractivity contribution in [3.63, 3.8) is 0 Å². The molecule has 2 aliphatic rings. The number of likely N-dealkylation sites (N-methyl/N-ethyl adjacent to an activating group) is 1. The van der Waals surface area contributed by atoms with Crippen LogP contribution in [0.1, 0.15) is 80.2 Å². The zero-order valence-corrected chi connectivity index (χ0v) is 17.3. The molecule has 0 aromatic carbocycles. The van der Waals surface area contributed by atoms with E-state index in [1.165, 1.54) is 32.1 Å². The number of nitrogens with zero attached hydrogens (tertiary/aromatic N) is 4. The predicted molar refractivity (Wildman–Crippen MR) is 105 cm³/mol. The van der Waals surface area contributed by atoms with E-state index in [-0.39, 0.29) is 24.1 Å². The largest absolute Gasteiger partial charge is 0.338 e. The van der Waals surface area contributed by atoms with Crippen LogP contribution in [0.4, 0.5) is 0 Å². The smallest absolute Gasteiger partial charge is 0.295 e. The van der Waals surface area contributed by atoms with E-state index >= 15 is 0 Å². The number of hydrogen-bond donors (Lipinski definition) is 2. The number of amides is 2. The number of hydroxylamine groups is 1. The van der Waals surface area contributed by atoms with Crippen LogP contribution >= 0.6 is 0 Å². The number of piperazine rings is 1. The molecule has 9 nitrogen and oxygen atoms in total. The van der Waals surface area contributed by atoms with Crippen LogP contribution in [-0.4, -0.2) is 70.2 Å². The lowest BCUT2D eigenvalue weighted by atomic mass is 9.84. The number of aromatic nitrogens is 2. The van der Waals surface area contributed by atoms with Crippen molar-refractivity contribution < 1.29 is 19.3 Å². The van der Waals surface area contributed by atoms with E-state index in [2.05, 4.69) is 15.0 Å². The summed E-state index contributed by atoms with van der Waals surface area (Å²) in [6.07, 6.45) is 9.38. The molecule has 29 heavy (non-hydrogen) atoms. The summed E-state index contributed by atoms with van der Waals surface area (Å²) in [5.41, 5.74) is 1.68. The second-order valence-electron chi connectivity index (χ2n) is 8.42. The lowest BCUT2D eigenvalue weighted by Gasteiger charge is -2.31. The molecule has 2 amide bonds. The Bertz CT molecular complexity index is 666. The zero-order valence-electron chi connectivity index (χ0n) is 17.3. The van der Waals surface area contributed by atoms with E-state index in [0.29, 0.717) is 25.4 Å². The van der Waals surface area contributed by atoms with Crippen LogP contribution in [0.5, 0.6) is 0 Å². The van der Waals surface area contributed by atoms with Gasteiger partial charge in [-0.2, -0.15) is 4.98 Å². The van der Waals surface area contributed by atoms with Crippen LogP contribution in [0.3, 0.4) is 0 Å². The Balaban J connectivity index is 1.59. The molecule has 2 fully saturated rings. The Kier molecular flexibility index (Phi) is 8.00. The number of nitrogens with one attached hydrogen (secondary N) is 1. The average molecular weight is 408 g/mol. The third-order valence-electron chi connectivity index (χ3n) is 6.22. The highest BCUT2D eigenvalue weighted by molar-refractivity contribution is 5.90. The van der Waals surface area contributed by atoms with Crippen LogP contribution in [0.15, 0.2) is 4.52 Å². The van der Waals surface area contributed by atoms with E-state index in [1.807, 2.05) is 7.05 Å². The summed E-state index contributed by atoms with van der Waals surface area (Å²) in [6, 6.07) is 0. The van der Waals surface area contributed by atoms with E-state index in [1.54, 1.807) is 10.4 Å². The summed E-state index contributed by atoms with van der Waals surface area (Å²) in [6.45, 7) is 2.90. The Morgan fingerprint density at radius 1 is 1.21 bits per heavy atom. The number of hydrogen-bond acceptors (Lipinski definition) is 7. The fourth-order valence-electron chi connectivity index (χ4n) is 4.35. The Hall–Kier alpha value is -2.00. The van der Waals surface area contributed by atoms with Crippen molar-refractivity contribution in [3.8, 4) is 0 Å². The van der Waals surface area contributed by atoms with E-state index in [9.17, 15) is 9.59 Å². The van der Waals surface area contributed by atoms with Crippen molar-refractivity contribution in [2.75, 3.05) is 33.2 Å². The molecule has 1 aromatic heterocycles. The minimum Gasteiger partial charge on any atom is -0.338 e. The van der Waals surface area contributed by atoms with Gasteiger partial charge in [-0.1, -0.05) is 50.1 Å². The molecule has 0 unspecified atom stereocenters. The third-order valence-corrected chi connectivity index (χ3v) is 6.22. The van der Waals surface area contributed by atoms with E-state index in [4.69, 9.17) is 9.73 Å². The lowest BCUT2D eigenvalue weighted by Crippen LogP contribution is -2.47. The van der Waals surface area contributed by atoms with E-state index in [0.717, 1.165) is 31.8 Å². The molecule has 2 N–H and O–H groups in total. The summed E-state index contributed by atoms with van der Waals surface area (Å²) >= 11 is 0. The first-order valence-corrected chi connectivity index (χ1v) is 10.8. The first-order valence-electron chi connectivity index (χ1n) is 10.8. The number of carbonyl (C=O) groups is 2.